The first-order valence-corrected chi connectivity index (χ1v) is 15.3. The van der Waals surface area contributed by atoms with Crippen molar-refractivity contribution in [2.24, 2.45) is 11.8 Å². The molecule has 0 spiro atoms. The van der Waals surface area contributed by atoms with Gasteiger partial charge >= 0.3 is 12.2 Å². The van der Waals surface area contributed by atoms with Crippen molar-refractivity contribution in [3.05, 3.63) is 35.9 Å². The standard InChI is InChI=1S/C20H29FN2O2.C12H21FN2O2/c1-14(15-8-6-5-7-9-15)23-12-16-10-17(21)11-20(16,13-23)22-18(24)25-19(2,3)4;1-11(2,3)17-10(16)15-12-5-9(13)4-8(12)6-14-7-12/h5-9,14,16-17H,10-13H2,1-4H3,(H,22,24);8-9,14H,4-7H2,1-3H3,(H,15,16)/t14-,16-,17?,20-;8-,9?,12-/m11/s1. The summed E-state index contributed by atoms with van der Waals surface area (Å²) in [5.74, 6) is 0.311. The third-order valence-electron chi connectivity index (χ3n) is 8.92. The van der Waals surface area contributed by atoms with Gasteiger partial charge in [-0.15, -0.1) is 0 Å². The van der Waals surface area contributed by atoms with Gasteiger partial charge in [0.25, 0.3) is 0 Å². The van der Waals surface area contributed by atoms with E-state index in [1.165, 1.54) is 5.56 Å². The first kappa shape index (κ1) is 32.5. The zero-order chi connectivity index (χ0) is 30.9. The van der Waals surface area contributed by atoms with E-state index in [4.69, 9.17) is 9.47 Å². The predicted molar refractivity (Wildman–Crippen MR) is 159 cm³/mol. The lowest BCUT2D eigenvalue weighted by Gasteiger charge is -2.32. The molecule has 1 aromatic rings. The maximum Gasteiger partial charge on any atom is 0.408 e. The number of halogens is 2. The molecule has 2 unspecified atom stereocenters. The quantitative estimate of drug-likeness (QED) is 0.417. The summed E-state index contributed by atoms with van der Waals surface area (Å²) in [6.45, 7) is 16.0. The normalized spacial score (nSPS) is 33.2. The highest BCUT2D eigenvalue weighted by atomic mass is 19.1. The second kappa shape index (κ2) is 12.3. The van der Waals surface area contributed by atoms with E-state index in [0.717, 1.165) is 13.1 Å². The first-order chi connectivity index (χ1) is 19.5. The minimum atomic E-state index is -0.853. The summed E-state index contributed by atoms with van der Waals surface area (Å²) in [7, 11) is 0. The highest BCUT2D eigenvalue weighted by Crippen LogP contribution is 2.45. The zero-order valence-electron chi connectivity index (χ0n) is 26.3. The summed E-state index contributed by atoms with van der Waals surface area (Å²) < 4.78 is 38.2. The van der Waals surface area contributed by atoms with E-state index < -0.39 is 46.8 Å². The predicted octanol–water partition coefficient (Wildman–Crippen LogP) is 5.68. The molecule has 2 amide bonds. The molecular weight excluding hydrogens is 542 g/mol. The fourth-order valence-corrected chi connectivity index (χ4v) is 7.12. The Kier molecular flexibility index (Phi) is 9.48. The molecule has 2 saturated heterocycles. The van der Waals surface area contributed by atoms with Crippen molar-refractivity contribution in [1.82, 2.24) is 20.9 Å². The average Bonchev–Trinajstić information content (AvgIpc) is 3.53. The van der Waals surface area contributed by atoms with E-state index in [9.17, 15) is 18.4 Å². The first-order valence-electron chi connectivity index (χ1n) is 15.3. The number of hydrogen-bond acceptors (Lipinski definition) is 6. The van der Waals surface area contributed by atoms with Gasteiger partial charge in [0, 0.05) is 45.1 Å². The van der Waals surface area contributed by atoms with Gasteiger partial charge in [0.2, 0.25) is 0 Å². The van der Waals surface area contributed by atoms with E-state index in [0.29, 0.717) is 38.8 Å². The molecule has 2 saturated carbocycles. The molecule has 0 radical (unpaired) electrons. The van der Waals surface area contributed by atoms with Crippen LogP contribution in [0.4, 0.5) is 18.4 Å². The van der Waals surface area contributed by atoms with Crippen LogP contribution in [0, 0.1) is 11.8 Å². The Morgan fingerprint density at radius 3 is 2.00 bits per heavy atom. The average molecular weight is 593 g/mol. The van der Waals surface area contributed by atoms with E-state index in [-0.39, 0.29) is 17.9 Å². The van der Waals surface area contributed by atoms with Gasteiger partial charge in [-0.25, -0.2) is 18.4 Å². The number of carbonyl (C=O) groups excluding carboxylic acids is 2. The second-order valence-electron chi connectivity index (χ2n) is 14.7. The lowest BCUT2D eigenvalue weighted by atomic mass is 9.91. The lowest BCUT2D eigenvalue weighted by molar-refractivity contribution is 0.0430. The molecule has 0 bridgehead atoms. The molecule has 7 atom stereocenters. The molecule has 42 heavy (non-hydrogen) atoms. The fourth-order valence-electron chi connectivity index (χ4n) is 7.12. The van der Waals surface area contributed by atoms with Crippen LogP contribution in [0.1, 0.15) is 85.8 Å². The smallest absolute Gasteiger partial charge is 0.408 e. The van der Waals surface area contributed by atoms with E-state index >= 15 is 0 Å². The van der Waals surface area contributed by atoms with E-state index in [1.54, 1.807) is 0 Å². The van der Waals surface area contributed by atoms with Crippen LogP contribution in [0.15, 0.2) is 30.3 Å². The summed E-state index contributed by atoms with van der Waals surface area (Å²) in [6, 6.07) is 10.6. The third-order valence-corrected chi connectivity index (χ3v) is 8.92. The van der Waals surface area contributed by atoms with Gasteiger partial charge in [-0.05, 0) is 78.7 Å². The van der Waals surface area contributed by atoms with Crippen LogP contribution >= 0.6 is 0 Å². The Hall–Kier alpha value is -2.46. The molecule has 1 aromatic carbocycles. The molecule has 2 heterocycles. The molecule has 3 N–H and O–H groups in total. The number of likely N-dealkylation sites (tertiary alicyclic amines) is 1. The number of hydrogen-bond donors (Lipinski definition) is 3. The minimum absolute atomic E-state index is 0.126. The Labute approximate surface area is 249 Å². The van der Waals surface area contributed by atoms with Crippen molar-refractivity contribution in [2.75, 3.05) is 26.2 Å². The van der Waals surface area contributed by atoms with Gasteiger partial charge in [0.1, 0.15) is 23.5 Å². The van der Waals surface area contributed by atoms with Gasteiger partial charge in [0.05, 0.1) is 11.1 Å². The van der Waals surface area contributed by atoms with Crippen LogP contribution in [0.5, 0.6) is 0 Å². The van der Waals surface area contributed by atoms with Crippen LogP contribution in [-0.4, -0.2) is 77.9 Å². The van der Waals surface area contributed by atoms with Crippen LogP contribution in [0.2, 0.25) is 0 Å². The van der Waals surface area contributed by atoms with Crippen molar-refractivity contribution in [3.63, 3.8) is 0 Å². The van der Waals surface area contributed by atoms with E-state index in [1.807, 2.05) is 59.7 Å². The van der Waals surface area contributed by atoms with Crippen molar-refractivity contribution in [3.8, 4) is 0 Å². The number of carbonyl (C=O) groups is 2. The molecule has 4 aliphatic rings. The molecular formula is C32H50F2N4O4. The summed E-state index contributed by atoms with van der Waals surface area (Å²) in [5.41, 5.74) is -0.797. The SMILES string of the molecule is CC(C)(C)OC(=O)N[C@]12CNC[C@H]1CC(F)C2.C[C@H](c1ccccc1)N1C[C@H]2CC(F)C[C@@]2(NC(=O)OC(C)(C)C)C1. The highest BCUT2D eigenvalue weighted by molar-refractivity contribution is 5.69. The maximum atomic E-state index is 14.1. The Balaban J connectivity index is 0.000000208. The highest BCUT2D eigenvalue weighted by Gasteiger charge is 2.55. The number of alkyl carbamates (subject to hydrolysis) is 2. The number of fused-ring (bicyclic) bond motifs is 2. The third kappa shape index (κ3) is 7.92. The van der Waals surface area contributed by atoms with Crippen LogP contribution in [-0.2, 0) is 9.47 Å². The van der Waals surface area contributed by atoms with Gasteiger partial charge in [-0.1, -0.05) is 30.3 Å². The molecule has 236 valence electrons. The Morgan fingerprint density at radius 1 is 0.905 bits per heavy atom. The summed E-state index contributed by atoms with van der Waals surface area (Å²) >= 11 is 0. The topological polar surface area (TPSA) is 91.9 Å². The molecule has 0 aromatic heterocycles. The van der Waals surface area contributed by atoms with Gasteiger partial charge < -0.3 is 25.4 Å². The number of nitrogens with one attached hydrogen (secondary N) is 3. The molecule has 10 heteroatoms. The summed E-state index contributed by atoms with van der Waals surface area (Å²) in [6.07, 6.45) is -0.748. The largest absolute Gasteiger partial charge is 0.444 e. The lowest BCUT2D eigenvalue weighted by Crippen LogP contribution is -2.53. The van der Waals surface area contributed by atoms with Crippen LogP contribution < -0.4 is 16.0 Å². The minimum Gasteiger partial charge on any atom is -0.444 e. The summed E-state index contributed by atoms with van der Waals surface area (Å²) in [5, 5.41) is 9.13. The number of rotatable bonds is 4. The van der Waals surface area contributed by atoms with Crippen molar-refractivity contribution < 1.29 is 27.8 Å². The number of ether oxygens (including phenoxy) is 2. The Morgan fingerprint density at radius 2 is 1.43 bits per heavy atom. The number of alkyl halides is 2. The summed E-state index contributed by atoms with van der Waals surface area (Å²) in [4.78, 5) is 26.5. The molecule has 4 fully saturated rings. The maximum absolute atomic E-state index is 14.1. The molecule has 2 aliphatic carbocycles. The van der Waals surface area contributed by atoms with Gasteiger partial charge in [-0.3, -0.25) is 4.90 Å². The molecule has 2 aliphatic heterocycles. The monoisotopic (exact) mass is 592 g/mol. The van der Waals surface area contributed by atoms with Crippen LogP contribution in [0.25, 0.3) is 0 Å². The Bertz CT molecular complexity index is 1090. The van der Waals surface area contributed by atoms with Gasteiger partial charge in [0.15, 0.2) is 0 Å². The number of amides is 2. The molecule has 5 rings (SSSR count). The molecule has 8 nitrogen and oxygen atoms in total. The number of nitrogens with zero attached hydrogens (tertiary/aromatic N) is 1. The van der Waals surface area contributed by atoms with Crippen molar-refractivity contribution in [2.45, 2.75) is 115 Å². The van der Waals surface area contributed by atoms with Crippen molar-refractivity contribution >= 4 is 12.2 Å². The van der Waals surface area contributed by atoms with Crippen molar-refractivity contribution in [1.29, 1.82) is 0 Å². The van der Waals surface area contributed by atoms with Crippen LogP contribution in [0.3, 0.4) is 0 Å². The fraction of sp³-hybridized carbons (Fsp3) is 0.750. The van der Waals surface area contributed by atoms with Gasteiger partial charge in [-0.2, -0.15) is 0 Å². The number of benzene rings is 1. The zero-order valence-corrected chi connectivity index (χ0v) is 26.3. The van der Waals surface area contributed by atoms with E-state index in [2.05, 4.69) is 39.9 Å². The second-order valence-corrected chi connectivity index (χ2v) is 14.7.